The van der Waals surface area contributed by atoms with E-state index in [1.807, 2.05) is 17.0 Å². The lowest BCUT2D eigenvalue weighted by atomic mass is 10.1. The van der Waals surface area contributed by atoms with Crippen molar-refractivity contribution in [3.8, 4) is 0 Å². The van der Waals surface area contributed by atoms with Gasteiger partial charge in [0.2, 0.25) is 0 Å². The monoisotopic (exact) mass is 375 g/mol. The number of carbonyl (C=O) groups excluding carboxylic acids is 1. The molecule has 2 saturated heterocycles. The summed E-state index contributed by atoms with van der Waals surface area (Å²) < 4.78 is 0. The molecule has 1 amide bonds. The van der Waals surface area contributed by atoms with E-state index in [2.05, 4.69) is 21.8 Å². The van der Waals surface area contributed by atoms with Gasteiger partial charge in [0, 0.05) is 57.1 Å². The van der Waals surface area contributed by atoms with E-state index < -0.39 is 0 Å². The fourth-order valence-electron chi connectivity index (χ4n) is 3.14. The lowest BCUT2D eigenvalue weighted by Crippen LogP contribution is -2.46. The van der Waals surface area contributed by atoms with Gasteiger partial charge in [-0.15, -0.1) is 24.8 Å². The van der Waals surface area contributed by atoms with Gasteiger partial charge >= 0.3 is 0 Å². The molecule has 1 aromatic heterocycles. The summed E-state index contributed by atoms with van der Waals surface area (Å²) in [6, 6.07) is 3.84. The first kappa shape index (κ1) is 21.0. The van der Waals surface area contributed by atoms with Crippen LogP contribution in [0.1, 0.15) is 23.2 Å². The van der Waals surface area contributed by atoms with Crippen molar-refractivity contribution in [1.82, 2.24) is 14.8 Å². The van der Waals surface area contributed by atoms with Crippen LogP contribution in [-0.2, 0) is 0 Å². The van der Waals surface area contributed by atoms with Gasteiger partial charge in [-0.1, -0.05) is 0 Å². The van der Waals surface area contributed by atoms with Crippen LogP contribution >= 0.6 is 24.8 Å². The van der Waals surface area contributed by atoms with E-state index in [-0.39, 0.29) is 36.8 Å². The molecule has 0 bridgehead atoms. The molecule has 2 N–H and O–H groups in total. The first-order valence-electron chi connectivity index (χ1n) is 8.08. The number of rotatable bonds is 2. The Labute approximate surface area is 156 Å². The number of hydrogen-bond donors (Lipinski definition) is 1. The van der Waals surface area contributed by atoms with Crippen molar-refractivity contribution >= 4 is 36.5 Å². The Kier molecular flexibility index (Phi) is 8.22. The Morgan fingerprint density at radius 2 is 1.92 bits per heavy atom. The zero-order valence-electron chi connectivity index (χ0n) is 14.1. The number of likely N-dealkylation sites (tertiary alicyclic amines) is 1. The molecule has 1 atom stereocenters. The van der Waals surface area contributed by atoms with Crippen LogP contribution < -0.4 is 10.6 Å². The number of anilines is 1. The predicted octanol–water partition coefficient (Wildman–Crippen LogP) is 1.24. The Hall–Kier alpha value is -1.08. The lowest BCUT2D eigenvalue weighted by molar-refractivity contribution is 0.0708. The fraction of sp³-hybridized carbons (Fsp3) is 0.625. The van der Waals surface area contributed by atoms with Gasteiger partial charge < -0.3 is 20.4 Å². The van der Waals surface area contributed by atoms with Gasteiger partial charge in [-0.2, -0.15) is 0 Å². The highest BCUT2D eigenvalue weighted by atomic mass is 35.5. The molecule has 1 unspecified atom stereocenters. The van der Waals surface area contributed by atoms with Gasteiger partial charge in [-0.05, 0) is 32.0 Å². The summed E-state index contributed by atoms with van der Waals surface area (Å²) in [5, 5.41) is 0. The molecule has 3 rings (SSSR count). The number of amides is 1. The number of pyridine rings is 1. The highest BCUT2D eigenvalue weighted by Crippen LogP contribution is 2.18. The molecule has 6 nitrogen and oxygen atoms in total. The zero-order valence-corrected chi connectivity index (χ0v) is 15.7. The summed E-state index contributed by atoms with van der Waals surface area (Å²) in [4.78, 5) is 23.5. The summed E-state index contributed by atoms with van der Waals surface area (Å²) >= 11 is 0. The molecule has 0 aliphatic carbocycles. The SMILES string of the molecule is CN1CCN(c2cc(C(=O)N3CCCC(N)C3)ccn2)CC1.Cl.Cl. The van der Waals surface area contributed by atoms with Crippen LogP contribution in [0.3, 0.4) is 0 Å². The van der Waals surface area contributed by atoms with Crippen molar-refractivity contribution in [3.63, 3.8) is 0 Å². The van der Waals surface area contributed by atoms with Crippen LogP contribution in [0.25, 0.3) is 0 Å². The van der Waals surface area contributed by atoms with E-state index in [0.717, 1.165) is 56.9 Å². The predicted molar refractivity (Wildman–Crippen MR) is 102 cm³/mol. The molecule has 2 aliphatic rings. The molecule has 24 heavy (non-hydrogen) atoms. The molecule has 0 radical (unpaired) electrons. The van der Waals surface area contributed by atoms with Crippen molar-refractivity contribution < 1.29 is 4.79 Å². The number of aromatic nitrogens is 1. The van der Waals surface area contributed by atoms with Gasteiger partial charge in [0.25, 0.3) is 5.91 Å². The second-order valence-electron chi connectivity index (χ2n) is 6.35. The van der Waals surface area contributed by atoms with E-state index in [1.54, 1.807) is 6.20 Å². The molecule has 0 spiro atoms. The summed E-state index contributed by atoms with van der Waals surface area (Å²) in [6.07, 6.45) is 3.74. The third-order valence-electron chi connectivity index (χ3n) is 4.56. The van der Waals surface area contributed by atoms with Crippen molar-refractivity contribution in [2.24, 2.45) is 5.73 Å². The van der Waals surface area contributed by atoms with Gasteiger partial charge in [-0.25, -0.2) is 4.98 Å². The largest absolute Gasteiger partial charge is 0.354 e. The third kappa shape index (κ3) is 4.96. The van der Waals surface area contributed by atoms with Crippen LogP contribution in [0.15, 0.2) is 18.3 Å². The van der Waals surface area contributed by atoms with Crippen LogP contribution in [0.5, 0.6) is 0 Å². The molecule has 3 heterocycles. The Morgan fingerprint density at radius 3 is 2.58 bits per heavy atom. The van der Waals surface area contributed by atoms with Crippen molar-refractivity contribution in [1.29, 1.82) is 0 Å². The minimum absolute atomic E-state index is 0. The second-order valence-corrected chi connectivity index (χ2v) is 6.35. The Morgan fingerprint density at radius 1 is 1.21 bits per heavy atom. The van der Waals surface area contributed by atoms with E-state index in [4.69, 9.17) is 5.73 Å². The van der Waals surface area contributed by atoms with E-state index in [1.165, 1.54) is 0 Å². The maximum absolute atomic E-state index is 12.6. The highest BCUT2D eigenvalue weighted by Gasteiger charge is 2.23. The lowest BCUT2D eigenvalue weighted by Gasteiger charge is -2.34. The number of piperidine rings is 1. The highest BCUT2D eigenvalue weighted by molar-refractivity contribution is 5.95. The third-order valence-corrected chi connectivity index (χ3v) is 4.56. The van der Waals surface area contributed by atoms with Gasteiger partial charge in [0.05, 0.1) is 0 Å². The quantitative estimate of drug-likeness (QED) is 0.842. The van der Waals surface area contributed by atoms with Gasteiger partial charge in [-0.3, -0.25) is 4.79 Å². The normalized spacial score (nSPS) is 21.7. The topological polar surface area (TPSA) is 65.7 Å². The summed E-state index contributed by atoms with van der Waals surface area (Å²) in [6.45, 7) is 5.43. The molecule has 2 fully saturated rings. The minimum atomic E-state index is 0. The molecular weight excluding hydrogens is 349 g/mol. The average molecular weight is 376 g/mol. The van der Waals surface area contributed by atoms with Crippen molar-refractivity contribution in [2.75, 3.05) is 51.2 Å². The van der Waals surface area contributed by atoms with Crippen molar-refractivity contribution in [3.05, 3.63) is 23.9 Å². The van der Waals surface area contributed by atoms with Gasteiger partial charge in [0.15, 0.2) is 0 Å². The molecule has 0 saturated carbocycles. The zero-order chi connectivity index (χ0) is 15.5. The average Bonchev–Trinajstić information content (AvgIpc) is 2.55. The second kappa shape index (κ2) is 9.42. The van der Waals surface area contributed by atoms with Crippen LogP contribution in [-0.4, -0.2) is 73.0 Å². The van der Waals surface area contributed by atoms with Gasteiger partial charge in [0.1, 0.15) is 5.82 Å². The number of carbonyl (C=O) groups is 1. The maximum Gasteiger partial charge on any atom is 0.254 e. The number of nitrogens with zero attached hydrogens (tertiary/aromatic N) is 4. The van der Waals surface area contributed by atoms with Crippen molar-refractivity contribution in [2.45, 2.75) is 18.9 Å². The van der Waals surface area contributed by atoms with Crippen LogP contribution in [0.2, 0.25) is 0 Å². The van der Waals surface area contributed by atoms with Crippen LogP contribution in [0, 0.1) is 0 Å². The number of halogens is 2. The molecule has 136 valence electrons. The molecular formula is C16H27Cl2N5O. The summed E-state index contributed by atoms with van der Waals surface area (Å²) in [5.74, 6) is 0.980. The maximum atomic E-state index is 12.6. The number of likely N-dealkylation sites (N-methyl/N-ethyl adjacent to an activating group) is 1. The number of nitrogens with two attached hydrogens (primary N) is 1. The first-order valence-corrected chi connectivity index (χ1v) is 8.08. The summed E-state index contributed by atoms with van der Waals surface area (Å²) in [7, 11) is 2.13. The standard InChI is InChI=1S/C16H25N5O.2ClH/c1-19-7-9-20(10-8-19)15-11-13(4-5-18-15)16(22)21-6-2-3-14(17)12-21;;/h4-5,11,14H,2-3,6-10,12,17H2,1H3;2*1H. The smallest absolute Gasteiger partial charge is 0.254 e. The Balaban J connectivity index is 0.00000144. The molecule has 8 heteroatoms. The summed E-state index contributed by atoms with van der Waals surface area (Å²) in [5.41, 5.74) is 6.70. The van der Waals surface area contributed by atoms with Crippen LogP contribution in [0.4, 0.5) is 5.82 Å². The van der Waals surface area contributed by atoms with E-state index >= 15 is 0 Å². The fourth-order valence-corrected chi connectivity index (χ4v) is 3.14. The first-order chi connectivity index (χ1) is 10.6. The van der Waals surface area contributed by atoms with E-state index in [0.29, 0.717) is 6.54 Å². The molecule has 2 aliphatic heterocycles. The number of hydrogen-bond acceptors (Lipinski definition) is 5. The minimum Gasteiger partial charge on any atom is -0.354 e. The number of piperazine rings is 1. The van der Waals surface area contributed by atoms with E-state index in [9.17, 15) is 4.79 Å². The molecule has 0 aromatic carbocycles. The molecule has 1 aromatic rings. The Bertz CT molecular complexity index is 537.